The van der Waals surface area contributed by atoms with Crippen LogP contribution in [0.4, 0.5) is 0 Å². The molecule has 1 aromatic heterocycles. The van der Waals surface area contributed by atoms with Gasteiger partial charge in [-0.15, -0.1) is 0 Å². The van der Waals surface area contributed by atoms with Gasteiger partial charge in [0.2, 0.25) is 0 Å². The van der Waals surface area contributed by atoms with Crippen LogP contribution in [0.1, 0.15) is 44.0 Å². The molecule has 106 valence electrons. The number of carbonyl (C=O) groups is 1. The minimum absolute atomic E-state index is 0.215. The Balaban J connectivity index is 1.90. The number of ether oxygens (including phenoxy) is 1. The Morgan fingerprint density at radius 3 is 3.00 bits per heavy atom. The first-order valence-corrected chi connectivity index (χ1v) is 7.34. The number of hydrogen-bond donors (Lipinski definition) is 0. The van der Waals surface area contributed by atoms with Gasteiger partial charge in [-0.3, -0.25) is 9.48 Å². The van der Waals surface area contributed by atoms with E-state index in [-0.39, 0.29) is 11.9 Å². The van der Waals surface area contributed by atoms with E-state index in [9.17, 15) is 4.79 Å². The summed E-state index contributed by atoms with van der Waals surface area (Å²) < 4.78 is 7.35. The topological polar surface area (TPSA) is 44.1 Å². The van der Waals surface area contributed by atoms with Crippen molar-refractivity contribution in [2.45, 2.75) is 58.6 Å². The van der Waals surface area contributed by atoms with Crippen LogP contribution in [0.5, 0.6) is 0 Å². The molecule has 5 heteroatoms. The van der Waals surface area contributed by atoms with Crippen LogP contribution in [0.3, 0.4) is 0 Å². The molecule has 0 aliphatic carbocycles. The summed E-state index contributed by atoms with van der Waals surface area (Å²) in [6.07, 6.45) is 4.24. The van der Waals surface area contributed by atoms with Crippen LogP contribution in [0.25, 0.3) is 0 Å². The molecular formula is C14H21ClN2O2. The summed E-state index contributed by atoms with van der Waals surface area (Å²) in [7, 11) is 0. The quantitative estimate of drug-likeness (QED) is 0.807. The van der Waals surface area contributed by atoms with Gasteiger partial charge in [0.1, 0.15) is 5.78 Å². The van der Waals surface area contributed by atoms with Gasteiger partial charge in [-0.25, -0.2) is 0 Å². The van der Waals surface area contributed by atoms with Gasteiger partial charge in [-0.1, -0.05) is 11.6 Å². The van der Waals surface area contributed by atoms with E-state index >= 15 is 0 Å². The van der Waals surface area contributed by atoms with Gasteiger partial charge in [0.05, 0.1) is 22.5 Å². The molecule has 2 rings (SSSR count). The van der Waals surface area contributed by atoms with E-state index in [0.29, 0.717) is 17.9 Å². The van der Waals surface area contributed by atoms with E-state index in [1.807, 2.05) is 18.5 Å². The Hall–Kier alpha value is -0.870. The molecule has 1 unspecified atom stereocenters. The third-order valence-corrected chi connectivity index (χ3v) is 4.08. The van der Waals surface area contributed by atoms with E-state index in [1.165, 1.54) is 0 Å². The smallest absolute Gasteiger partial charge is 0.138 e. The normalized spacial score (nSPS) is 19.0. The van der Waals surface area contributed by atoms with E-state index in [2.05, 4.69) is 5.10 Å². The lowest BCUT2D eigenvalue weighted by atomic mass is 10.1. The average Bonchev–Trinajstić information content (AvgIpc) is 3.00. The fraction of sp³-hybridized carbons (Fsp3) is 0.714. The highest BCUT2D eigenvalue weighted by Gasteiger charge is 2.19. The molecule has 1 aliphatic rings. The molecule has 0 saturated carbocycles. The molecule has 1 saturated heterocycles. The van der Waals surface area contributed by atoms with Gasteiger partial charge in [-0.05, 0) is 33.1 Å². The summed E-state index contributed by atoms with van der Waals surface area (Å²) in [4.78, 5) is 12.0. The van der Waals surface area contributed by atoms with Crippen molar-refractivity contribution in [3.63, 3.8) is 0 Å². The first-order chi connectivity index (χ1) is 9.11. The van der Waals surface area contributed by atoms with Gasteiger partial charge in [-0.2, -0.15) is 5.10 Å². The van der Waals surface area contributed by atoms with Crippen molar-refractivity contribution in [2.24, 2.45) is 0 Å². The highest BCUT2D eigenvalue weighted by molar-refractivity contribution is 6.32. The molecule has 1 atom stereocenters. The van der Waals surface area contributed by atoms with Gasteiger partial charge >= 0.3 is 0 Å². The monoisotopic (exact) mass is 284 g/mol. The summed E-state index contributed by atoms with van der Waals surface area (Å²) in [5.41, 5.74) is 1.64. The minimum atomic E-state index is 0.215. The molecule has 0 spiro atoms. The second kappa shape index (κ2) is 6.53. The van der Waals surface area contributed by atoms with Crippen LogP contribution < -0.4 is 0 Å². The van der Waals surface area contributed by atoms with Crippen molar-refractivity contribution >= 4 is 17.4 Å². The predicted molar refractivity (Wildman–Crippen MR) is 74.6 cm³/mol. The van der Waals surface area contributed by atoms with Gasteiger partial charge in [0.15, 0.2) is 0 Å². The van der Waals surface area contributed by atoms with E-state index in [0.717, 1.165) is 43.8 Å². The first kappa shape index (κ1) is 14.5. The molecule has 0 aromatic carbocycles. The SMILES string of the molecule is CCn1nc(C)c(Cl)c1CC(=O)CCC1CCCO1. The molecule has 1 fully saturated rings. The number of ketones is 1. The number of aryl methyl sites for hydroxylation is 2. The molecule has 19 heavy (non-hydrogen) atoms. The van der Waals surface area contributed by atoms with Crippen LogP contribution in [0, 0.1) is 6.92 Å². The maximum atomic E-state index is 12.0. The summed E-state index contributed by atoms with van der Waals surface area (Å²) in [6, 6.07) is 0. The molecule has 1 aromatic rings. The number of hydrogen-bond acceptors (Lipinski definition) is 3. The summed E-state index contributed by atoms with van der Waals surface area (Å²) in [5, 5.41) is 4.96. The summed E-state index contributed by atoms with van der Waals surface area (Å²) in [5.74, 6) is 0.215. The molecule has 1 aliphatic heterocycles. The highest BCUT2D eigenvalue weighted by atomic mass is 35.5. The van der Waals surface area contributed by atoms with Crippen molar-refractivity contribution in [1.82, 2.24) is 9.78 Å². The number of nitrogens with zero attached hydrogens (tertiary/aromatic N) is 2. The Morgan fingerprint density at radius 2 is 2.37 bits per heavy atom. The fourth-order valence-electron chi connectivity index (χ4n) is 2.51. The van der Waals surface area contributed by atoms with Gasteiger partial charge < -0.3 is 4.74 Å². The third-order valence-electron chi connectivity index (χ3n) is 3.59. The number of rotatable bonds is 6. The maximum absolute atomic E-state index is 12.0. The van der Waals surface area contributed by atoms with E-state index in [4.69, 9.17) is 16.3 Å². The van der Waals surface area contributed by atoms with E-state index < -0.39 is 0 Å². The molecule has 4 nitrogen and oxygen atoms in total. The van der Waals surface area contributed by atoms with E-state index in [1.54, 1.807) is 0 Å². The Kier molecular flexibility index (Phi) is 4.99. The van der Waals surface area contributed by atoms with Gasteiger partial charge in [0.25, 0.3) is 0 Å². The predicted octanol–water partition coefficient (Wildman–Crippen LogP) is 2.94. The molecule has 2 heterocycles. The van der Waals surface area contributed by atoms with Crippen molar-refractivity contribution in [1.29, 1.82) is 0 Å². The van der Waals surface area contributed by atoms with Crippen molar-refractivity contribution in [3.05, 3.63) is 16.4 Å². The summed E-state index contributed by atoms with van der Waals surface area (Å²) in [6.45, 7) is 5.45. The number of Topliss-reactive ketones (excluding diaryl/α,β-unsaturated/α-hetero) is 1. The fourth-order valence-corrected chi connectivity index (χ4v) is 2.71. The molecule has 0 amide bonds. The average molecular weight is 285 g/mol. The van der Waals surface area contributed by atoms with Crippen LogP contribution in [-0.4, -0.2) is 28.3 Å². The van der Waals surface area contributed by atoms with Crippen LogP contribution >= 0.6 is 11.6 Å². The Morgan fingerprint density at radius 1 is 1.58 bits per heavy atom. The van der Waals surface area contributed by atoms with Crippen LogP contribution in [0.15, 0.2) is 0 Å². The van der Waals surface area contributed by atoms with Gasteiger partial charge in [0, 0.05) is 26.0 Å². The lowest BCUT2D eigenvalue weighted by Crippen LogP contribution is -2.13. The molecule has 0 bridgehead atoms. The summed E-state index contributed by atoms with van der Waals surface area (Å²) >= 11 is 6.20. The number of halogens is 1. The van der Waals surface area contributed by atoms with Crippen molar-refractivity contribution in [3.8, 4) is 0 Å². The largest absolute Gasteiger partial charge is 0.378 e. The molecule has 0 N–H and O–H groups in total. The maximum Gasteiger partial charge on any atom is 0.138 e. The highest BCUT2D eigenvalue weighted by Crippen LogP contribution is 2.22. The molecular weight excluding hydrogens is 264 g/mol. The third kappa shape index (κ3) is 3.57. The lowest BCUT2D eigenvalue weighted by molar-refractivity contribution is -0.119. The standard InChI is InChI=1S/C14H21ClN2O2/c1-3-17-13(14(15)10(2)16-17)9-11(18)6-7-12-5-4-8-19-12/h12H,3-9H2,1-2H3. The second-order valence-electron chi connectivity index (χ2n) is 5.05. The number of aromatic nitrogens is 2. The zero-order chi connectivity index (χ0) is 13.8. The van der Waals surface area contributed by atoms with Crippen molar-refractivity contribution < 1.29 is 9.53 Å². The zero-order valence-electron chi connectivity index (χ0n) is 11.6. The van der Waals surface area contributed by atoms with Crippen LogP contribution in [0.2, 0.25) is 5.02 Å². The van der Waals surface area contributed by atoms with Crippen LogP contribution in [-0.2, 0) is 22.5 Å². The Labute approximate surface area is 119 Å². The number of carbonyl (C=O) groups excluding carboxylic acids is 1. The first-order valence-electron chi connectivity index (χ1n) is 6.97. The Bertz CT molecular complexity index is 451. The second-order valence-corrected chi connectivity index (χ2v) is 5.43. The van der Waals surface area contributed by atoms with Crippen molar-refractivity contribution in [2.75, 3.05) is 6.61 Å². The molecule has 0 radical (unpaired) electrons. The zero-order valence-corrected chi connectivity index (χ0v) is 12.4. The lowest BCUT2D eigenvalue weighted by Gasteiger charge is -2.09. The minimum Gasteiger partial charge on any atom is -0.378 e.